The van der Waals surface area contributed by atoms with E-state index in [1.807, 2.05) is 25.1 Å². The Balaban J connectivity index is 2.39. The third-order valence-electron chi connectivity index (χ3n) is 2.39. The minimum Gasteiger partial charge on any atom is -0.392 e. The van der Waals surface area contributed by atoms with E-state index in [-0.39, 0.29) is 12.0 Å². The van der Waals surface area contributed by atoms with E-state index in [1.165, 1.54) is 0 Å². The second kappa shape index (κ2) is 7.51. The molecule has 0 aromatic heterocycles. The van der Waals surface area contributed by atoms with E-state index in [2.05, 4.69) is 26.6 Å². The summed E-state index contributed by atoms with van der Waals surface area (Å²) in [5, 5.41) is 14.9. The van der Waals surface area contributed by atoms with Crippen LogP contribution in [-0.2, 0) is 0 Å². The SMILES string of the molecule is Cc1ccc(Br)c(C(=O)NCCNCC(C)O)c1. The third-order valence-corrected chi connectivity index (χ3v) is 3.09. The monoisotopic (exact) mass is 314 g/mol. The van der Waals surface area contributed by atoms with Gasteiger partial charge >= 0.3 is 0 Å². The summed E-state index contributed by atoms with van der Waals surface area (Å²) in [7, 11) is 0. The molecule has 5 heteroatoms. The molecule has 1 unspecified atom stereocenters. The van der Waals surface area contributed by atoms with E-state index in [1.54, 1.807) is 6.92 Å². The number of aliphatic hydroxyl groups excluding tert-OH is 1. The predicted octanol–water partition coefficient (Wildman–Crippen LogP) is 1.46. The Morgan fingerprint density at radius 1 is 1.44 bits per heavy atom. The molecule has 4 nitrogen and oxygen atoms in total. The Kier molecular flexibility index (Phi) is 6.32. The van der Waals surface area contributed by atoms with Crippen LogP contribution in [0.25, 0.3) is 0 Å². The van der Waals surface area contributed by atoms with Crippen molar-refractivity contribution in [1.29, 1.82) is 0 Å². The number of aliphatic hydroxyl groups is 1. The highest BCUT2D eigenvalue weighted by Crippen LogP contribution is 2.17. The lowest BCUT2D eigenvalue weighted by Gasteiger charge is -2.09. The fourth-order valence-corrected chi connectivity index (χ4v) is 1.91. The standard InChI is InChI=1S/C13H19BrN2O2/c1-9-3-4-12(14)11(7-9)13(18)16-6-5-15-8-10(2)17/h3-4,7,10,15,17H,5-6,8H2,1-2H3,(H,16,18). The highest BCUT2D eigenvalue weighted by molar-refractivity contribution is 9.10. The molecule has 0 aliphatic heterocycles. The van der Waals surface area contributed by atoms with Gasteiger partial charge in [0.25, 0.3) is 5.91 Å². The second-order valence-electron chi connectivity index (χ2n) is 4.29. The highest BCUT2D eigenvalue weighted by Gasteiger charge is 2.09. The lowest BCUT2D eigenvalue weighted by atomic mass is 10.1. The van der Waals surface area contributed by atoms with Gasteiger partial charge in [0.05, 0.1) is 11.7 Å². The Hall–Kier alpha value is -0.910. The molecule has 0 bridgehead atoms. The zero-order chi connectivity index (χ0) is 13.5. The Morgan fingerprint density at radius 3 is 2.83 bits per heavy atom. The first-order valence-corrected chi connectivity index (χ1v) is 6.73. The molecule has 1 atom stereocenters. The number of halogens is 1. The fourth-order valence-electron chi connectivity index (χ4n) is 1.48. The minimum absolute atomic E-state index is 0.0931. The van der Waals surface area contributed by atoms with Crippen molar-refractivity contribution in [1.82, 2.24) is 10.6 Å². The number of hydrogen-bond donors (Lipinski definition) is 3. The van der Waals surface area contributed by atoms with Gasteiger partial charge in [0.15, 0.2) is 0 Å². The van der Waals surface area contributed by atoms with Crippen LogP contribution in [0.3, 0.4) is 0 Å². The number of hydrogen-bond acceptors (Lipinski definition) is 3. The first-order valence-electron chi connectivity index (χ1n) is 5.94. The van der Waals surface area contributed by atoms with Gasteiger partial charge in [-0.1, -0.05) is 11.6 Å². The minimum atomic E-state index is -0.369. The number of carbonyl (C=O) groups is 1. The van der Waals surface area contributed by atoms with Crippen molar-refractivity contribution in [2.45, 2.75) is 20.0 Å². The van der Waals surface area contributed by atoms with Crippen molar-refractivity contribution >= 4 is 21.8 Å². The quantitative estimate of drug-likeness (QED) is 0.697. The fraction of sp³-hybridized carbons (Fsp3) is 0.462. The van der Waals surface area contributed by atoms with Gasteiger partial charge in [-0.2, -0.15) is 0 Å². The molecular weight excluding hydrogens is 296 g/mol. The van der Waals surface area contributed by atoms with E-state index in [0.717, 1.165) is 10.0 Å². The molecule has 1 amide bonds. The maximum atomic E-state index is 11.9. The maximum absolute atomic E-state index is 11.9. The van der Waals surface area contributed by atoms with Gasteiger partial charge in [0.1, 0.15) is 0 Å². The second-order valence-corrected chi connectivity index (χ2v) is 5.15. The molecule has 0 aliphatic rings. The van der Waals surface area contributed by atoms with Crippen LogP contribution in [-0.4, -0.2) is 36.8 Å². The normalized spacial score (nSPS) is 12.2. The van der Waals surface area contributed by atoms with Gasteiger partial charge in [0, 0.05) is 24.1 Å². The van der Waals surface area contributed by atoms with E-state index in [9.17, 15) is 4.79 Å². The van der Waals surface area contributed by atoms with Crippen LogP contribution < -0.4 is 10.6 Å². The molecule has 18 heavy (non-hydrogen) atoms. The molecule has 3 N–H and O–H groups in total. The number of nitrogens with one attached hydrogen (secondary N) is 2. The smallest absolute Gasteiger partial charge is 0.252 e. The number of amides is 1. The molecule has 0 saturated heterocycles. The average molecular weight is 315 g/mol. The first-order chi connectivity index (χ1) is 8.50. The Morgan fingerprint density at radius 2 is 2.17 bits per heavy atom. The van der Waals surface area contributed by atoms with Crippen molar-refractivity contribution in [2.75, 3.05) is 19.6 Å². The van der Waals surface area contributed by atoms with Crippen molar-refractivity contribution in [3.8, 4) is 0 Å². The summed E-state index contributed by atoms with van der Waals surface area (Å²) in [4.78, 5) is 11.9. The summed E-state index contributed by atoms with van der Waals surface area (Å²) >= 11 is 3.36. The lowest BCUT2D eigenvalue weighted by molar-refractivity contribution is 0.0953. The van der Waals surface area contributed by atoms with E-state index in [0.29, 0.717) is 25.2 Å². The van der Waals surface area contributed by atoms with Crippen LogP contribution in [0.4, 0.5) is 0 Å². The van der Waals surface area contributed by atoms with Crippen molar-refractivity contribution in [3.63, 3.8) is 0 Å². The van der Waals surface area contributed by atoms with Crippen LogP contribution in [0.15, 0.2) is 22.7 Å². The Labute approximate surface area is 116 Å². The topological polar surface area (TPSA) is 61.4 Å². The van der Waals surface area contributed by atoms with Gasteiger partial charge in [-0.3, -0.25) is 4.79 Å². The van der Waals surface area contributed by atoms with E-state index < -0.39 is 0 Å². The van der Waals surface area contributed by atoms with Crippen LogP contribution in [0.2, 0.25) is 0 Å². The summed E-state index contributed by atoms with van der Waals surface area (Å²) in [6.45, 7) is 5.37. The molecule has 1 aromatic carbocycles. The average Bonchev–Trinajstić information content (AvgIpc) is 2.31. The predicted molar refractivity (Wildman–Crippen MR) is 75.8 cm³/mol. The number of benzene rings is 1. The molecule has 1 aromatic rings. The summed E-state index contributed by atoms with van der Waals surface area (Å²) in [5.74, 6) is -0.0931. The van der Waals surface area contributed by atoms with Crippen molar-refractivity contribution < 1.29 is 9.90 Å². The highest BCUT2D eigenvalue weighted by atomic mass is 79.9. The summed E-state index contributed by atoms with van der Waals surface area (Å²) in [5.41, 5.74) is 1.70. The summed E-state index contributed by atoms with van der Waals surface area (Å²) < 4.78 is 0.794. The van der Waals surface area contributed by atoms with Crippen LogP contribution in [0.1, 0.15) is 22.8 Å². The Bertz CT molecular complexity index is 408. The van der Waals surface area contributed by atoms with Gasteiger partial charge in [-0.15, -0.1) is 0 Å². The van der Waals surface area contributed by atoms with Crippen molar-refractivity contribution in [3.05, 3.63) is 33.8 Å². The van der Waals surface area contributed by atoms with Crippen LogP contribution in [0.5, 0.6) is 0 Å². The molecule has 0 spiro atoms. The molecule has 0 heterocycles. The van der Waals surface area contributed by atoms with Gasteiger partial charge in [-0.05, 0) is 41.9 Å². The largest absolute Gasteiger partial charge is 0.392 e. The molecular formula is C13H19BrN2O2. The van der Waals surface area contributed by atoms with E-state index >= 15 is 0 Å². The number of rotatable bonds is 6. The molecule has 0 radical (unpaired) electrons. The zero-order valence-electron chi connectivity index (χ0n) is 10.7. The van der Waals surface area contributed by atoms with Gasteiger partial charge < -0.3 is 15.7 Å². The van der Waals surface area contributed by atoms with Crippen LogP contribution in [0, 0.1) is 6.92 Å². The van der Waals surface area contributed by atoms with E-state index in [4.69, 9.17) is 5.11 Å². The van der Waals surface area contributed by atoms with Gasteiger partial charge in [0.2, 0.25) is 0 Å². The third kappa shape index (κ3) is 5.16. The summed E-state index contributed by atoms with van der Waals surface area (Å²) in [6, 6.07) is 5.67. The molecule has 0 saturated carbocycles. The first kappa shape index (κ1) is 15.1. The molecule has 1 rings (SSSR count). The number of carbonyl (C=O) groups excluding carboxylic acids is 1. The summed E-state index contributed by atoms with van der Waals surface area (Å²) in [6.07, 6.45) is -0.369. The lowest BCUT2D eigenvalue weighted by Crippen LogP contribution is -2.34. The maximum Gasteiger partial charge on any atom is 0.252 e. The zero-order valence-corrected chi connectivity index (χ0v) is 12.3. The number of aryl methyl sites for hydroxylation is 1. The van der Waals surface area contributed by atoms with Crippen LogP contribution >= 0.6 is 15.9 Å². The molecule has 100 valence electrons. The molecule has 0 aliphatic carbocycles. The van der Waals surface area contributed by atoms with Crippen molar-refractivity contribution in [2.24, 2.45) is 0 Å². The molecule has 0 fully saturated rings. The van der Waals surface area contributed by atoms with Gasteiger partial charge in [-0.25, -0.2) is 0 Å².